The van der Waals surface area contributed by atoms with E-state index in [0.29, 0.717) is 5.69 Å². The molecule has 31 heavy (non-hydrogen) atoms. The normalized spacial score (nSPS) is 12.3. The largest absolute Gasteiger partial charge is 0.573 e. The lowest BCUT2D eigenvalue weighted by molar-refractivity contribution is -0.274. The van der Waals surface area contributed by atoms with Crippen LogP contribution in [-0.4, -0.2) is 52.2 Å². The summed E-state index contributed by atoms with van der Waals surface area (Å²) >= 11 is 5.82. The number of imide groups is 1. The van der Waals surface area contributed by atoms with Gasteiger partial charge >= 0.3 is 12.4 Å². The average Bonchev–Trinajstić information content (AvgIpc) is 2.70. The van der Waals surface area contributed by atoms with Crippen LogP contribution < -0.4 is 10.1 Å². The first kappa shape index (κ1) is 23.8. The van der Waals surface area contributed by atoms with E-state index in [0.717, 1.165) is 29.2 Å². The van der Waals surface area contributed by atoms with Crippen LogP contribution in [0.1, 0.15) is 17.3 Å². The van der Waals surface area contributed by atoms with Crippen LogP contribution in [0.15, 0.2) is 53.8 Å². The lowest BCUT2D eigenvalue weighted by Crippen LogP contribution is -2.50. The zero-order valence-electron chi connectivity index (χ0n) is 16.1. The number of ether oxygens (including phenoxy) is 1. The number of hydrogen-bond donors (Lipinski definition) is 2. The van der Waals surface area contributed by atoms with Gasteiger partial charge in [0.2, 0.25) is 0 Å². The van der Waals surface area contributed by atoms with Crippen LogP contribution in [0.5, 0.6) is 5.75 Å². The first-order chi connectivity index (χ1) is 14.6. The van der Waals surface area contributed by atoms with Crippen LogP contribution in [0.25, 0.3) is 0 Å². The third kappa shape index (κ3) is 7.37. The van der Waals surface area contributed by atoms with Crippen LogP contribution in [0.4, 0.5) is 23.7 Å². The van der Waals surface area contributed by atoms with Crippen molar-refractivity contribution in [2.75, 3.05) is 6.54 Å². The zero-order chi connectivity index (χ0) is 23.0. The van der Waals surface area contributed by atoms with Gasteiger partial charge in [-0.25, -0.2) is 4.79 Å². The van der Waals surface area contributed by atoms with Crippen molar-refractivity contribution in [3.63, 3.8) is 0 Å². The maximum absolute atomic E-state index is 12.6. The molecule has 0 saturated carbocycles. The first-order valence-electron chi connectivity index (χ1n) is 8.76. The van der Waals surface area contributed by atoms with E-state index in [2.05, 4.69) is 20.0 Å². The highest BCUT2D eigenvalue weighted by molar-refractivity contribution is 6.67. The highest BCUT2D eigenvalue weighted by Gasteiger charge is 2.31. The van der Waals surface area contributed by atoms with Gasteiger partial charge in [-0.15, -0.1) is 13.2 Å². The van der Waals surface area contributed by atoms with Gasteiger partial charge in [-0.3, -0.25) is 25.5 Å². The number of aliphatic imine (C=N–C) groups is 1. The topological polar surface area (TPSA) is 108 Å². The van der Waals surface area contributed by atoms with E-state index in [4.69, 9.17) is 17.0 Å². The smallest absolute Gasteiger partial charge is 0.406 e. The molecule has 1 aromatic carbocycles. The molecule has 1 atom stereocenters. The van der Waals surface area contributed by atoms with E-state index in [1.165, 1.54) is 12.4 Å². The molecule has 1 aromatic heterocycles. The molecule has 164 valence electrons. The Bertz CT molecular complexity index is 953. The molecule has 0 radical (unpaired) electrons. The van der Waals surface area contributed by atoms with Crippen molar-refractivity contribution in [1.82, 2.24) is 15.2 Å². The molecule has 0 bridgehead atoms. The van der Waals surface area contributed by atoms with E-state index in [-0.39, 0.29) is 12.1 Å². The Kier molecular flexibility index (Phi) is 8.08. The van der Waals surface area contributed by atoms with Gasteiger partial charge in [0, 0.05) is 24.5 Å². The molecular weight excluding hydrogens is 439 g/mol. The van der Waals surface area contributed by atoms with Gasteiger partial charge in [0.25, 0.3) is 5.91 Å². The molecule has 0 aliphatic rings. The number of pyridine rings is 1. The molecule has 3 amide bonds. The van der Waals surface area contributed by atoms with Crippen molar-refractivity contribution in [2.45, 2.75) is 19.3 Å². The van der Waals surface area contributed by atoms with Crippen LogP contribution in [0.3, 0.4) is 0 Å². The molecule has 1 unspecified atom stereocenters. The van der Waals surface area contributed by atoms with Crippen molar-refractivity contribution >= 4 is 40.6 Å². The lowest BCUT2D eigenvalue weighted by Gasteiger charge is -2.26. The second-order valence-corrected chi connectivity index (χ2v) is 6.31. The number of alkyl halides is 3. The van der Waals surface area contributed by atoms with E-state index in [1.54, 1.807) is 25.3 Å². The summed E-state index contributed by atoms with van der Waals surface area (Å²) in [7, 11) is 0. The fourth-order valence-electron chi connectivity index (χ4n) is 2.39. The molecular formula is C19H17ClF3N5O3. The molecule has 2 rings (SSSR count). The van der Waals surface area contributed by atoms with Crippen LogP contribution in [-0.2, 0) is 0 Å². The van der Waals surface area contributed by atoms with Crippen LogP contribution in [0.2, 0.25) is 0 Å². The second kappa shape index (κ2) is 10.5. The molecule has 0 fully saturated rings. The number of carbonyl (C=O) groups excluding carboxylic acids is 2. The summed E-state index contributed by atoms with van der Waals surface area (Å²) in [6.45, 7) is 1.69. The molecule has 2 N–H and O–H groups in total. The number of urea groups is 1. The third-order valence-electron chi connectivity index (χ3n) is 3.78. The molecule has 0 spiro atoms. The molecule has 0 aliphatic carbocycles. The van der Waals surface area contributed by atoms with Gasteiger partial charge < -0.3 is 9.64 Å². The predicted octanol–water partition coefficient (Wildman–Crippen LogP) is 4.14. The standard InChI is InChI=1S/C19H17ClF3N5O3/c1-2-28(15(16(20)24)11-26-13-4-3-9-25-10-13)18(30)27-17(29)12-5-7-14(8-6-12)31-19(21,22)23/h3-11,15,24H,2H2,1H3,(H,27,29,30). The lowest BCUT2D eigenvalue weighted by atomic mass is 10.2. The van der Waals surface area contributed by atoms with Crippen molar-refractivity contribution in [3.8, 4) is 5.75 Å². The summed E-state index contributed by atoms with van der Waals surface area (Å²) in [6.07, 6.45) is -0.570. The van der Waals surface area contributed by atoms with Crippen LogP contribution in [0, 0.1) is 5.41 Å². The van der Waals surface area contributed by atoms with Gasteiger partial charge in [-0.1, -0.05) is 11.6 Å². The maximum atomic E-state index is 12.6. The number of amides is 3. The van der Waals surface area contributed by atoms with E-state index in [1.807, 2.05) is 0 Å². The minimum Gasteiger partial charge on any atom is -0.406 e. The monoisotopic (exact) mass is 455 g/mol. The van der Waals surface area contributed by atoms with Gasteiger partial charge in [-0.05, 0) is 43.3 Å². The second-order valence-electron chi connectivity index (χ2n) is 5.90. The van der Waals surface area contributed by atoms with E-state index < -0.39 is 35.3 Å². The third-order valence-corrected chi connectivity index (χ3v) is 4.00. The first-order valence-corrected chi connectivity index (χ1v) is 9.14. The number of aromatic nitrogens is 1. The minimum absolute atomic E-state index is 0.0690. The Balaban J connectivity index is 2.10. The predicted molar refractivity (Wildman–Crippen MR) is 108 cm³/mol. The van der Waals surface area contributed by atoms with Crippen molar-refractivity contribution in [3.05, 3.63) is 54.4 Å². The molecule has 12 heteroatoms. The van der Waals surface area contributed by atoms with Crippen molar-refractivity contribution in [2.24, 2.45) is 4.99 Å². The van der Waals surface area contributed by atoms with Gasteiger partial charge in [0.1, 0.15) is 17.0 Å². The number of hydrogen-bond acceptors (Lipinski definition) is 6. The SMILES string of the molecule is CCN(C(=O)NC(=O)c1ccc(OC(F)(F)F)cc1)C(C=Nc1cccnc1)C(=N)Cl. The van der Waals surface area contributed by atoms with Crippen LogP contribution >= 0.6 is 11.6 Å². The Labute approximate surface area is 180 Å². The number of carbonyl (C=O) groups is 2. The maximum Gasteiger partial charge on any atom is 0.573 e. The number of rotatable bonds is 7. The minimum atomic E-state index is -4.86. The molecule has 1 heterocycles. The number of halogens is 4. The Morgan fingerprint density at radius 3 is 2.52 bits per heavy atom. The molecule has 0 aliphatic heterocycles. The fourth-order valence-corrected chi connectivity index (χ4v) is 2.56. The summed E-state index contributed by atoms with van der Waals surface area (Å²) in [5, 5.41) is 9.43. The summed E-state index contributed by atoms with van der Waals surface area (Å²) in [5.74, 6) is -1.36. The summed E-state index contributed by atoms with van der Waals surface area (Å²) in [6, 6.07) is 5.44. The summed E-state index contributed by atoms with van der Waals surface area (Å²) < 4.78 is 40.4. The molecule has 0 saturated heterocycles. The summed E-state index contributed by atoms with van der Waals surface area (Å²) in [5.41, 5.74) is 0.402. The zero-order valence-corrected chi connectivity index (χ0v) is 16.8. The van der Waals surface area contributed by atoms with Gasteiger partial charge in [0.05, 0.1) is 11.9 Å². The van der Waals surface area contributed by atoms with Gasteiger partial charge in [-0.2, -0.15) is 0 Å². The van der Waals surface area contributed by atoms with E-state index >= 15 is 0 Å². The van der Waals surface area contributed by atoms with Crippen molar-refractivity contribution in [1.29, 1.82) is 5.41 Å². The highest BCUT2D eigenvalue weighted by Crippen LogP contribution is 2.22. The number of nitrogens with zero attached hydrogens (tertiary/aromatic N) is 3. The number of benzene rings is 1. The molecule has 2 aromatic rings. The fraction of sp³-hybridized carbons (Fsp3) is 0.211. The highest BCUT2D eigenvalue weighted by atomic mass is 35.5. The Hall–Kier alpha value is -3.47. The summed E-state index contributed by atoms with van der Waals surface area (Å²) in [4.78, 5) is 34.0. The quantitative estimate of drug-likeness (QED) is 0.612. The number of nitrogens with one attached hydrogen (secondary N) is 2. The van der Waals surface area contributed by atoms with Crippen molar-refractivity contribution < 1.29 is 27.5 Å². The Morgan fingerprint density at radius 1 is 1.32 bits per heavy atom. The Morgan fingerprint density at radius 2 is 2.00 bits per heavy atom. The van der Waals surface area contributed by atoms with E-state index in [9.17, 15) is 22.8 Å². The average molecular weight is 456 g/mol. The van der Waals surface area contributed by atoms with Gasteiger partial charge in [0.15, 0.2) is 0 Å². The molecule has 8 nitrogen and oxygen atoms in total.